The number of amides is 1. The van der Waals surface area contributed by atoms with E-state index in [-0.39, 0.29) is 5.91 Å². The minimum atomic E-state index is 0.214. The van der Waals surface area contributed by atoms with E-state index in [2.05, 4.69) is 10.2 Å². The van der Waals surface area contributed by atoms with Crippen LogP contribution in [0.2, 0.25) is 0 Å². The van der Waals surface area contributed by atoms with Gasteiger partial charge in [-0.1, -0.05) is 19.3 Å². The van der Waals surface area contributed by atoms with Gasteiger partial charge in [0.2, 0.25) is 5.91 Å². The molecule has 1 heterocycles. The Hall–Kier alpha value is -0.610. The fraction of sp³-hybridized carbons (Fsp3) is 0.923. The van der Waals surface area contributed by atoms with Crippen molar-refractivity contribution < 1.29 is 4.79 Å². The Morgan fingerprint density at radius 3 is 2.59 bits per heavy atom. The molecule has 0 aromatic heterocycles. The van der Waals surface area contributed by atoms with Crippen molar-refractivity contribution in [2.45, 2.75) is 57.0 Å². The van der Waals surface area contributed by atoms with Crippen LogP contribution in [0.5, 0.6) is 0 Å². The second-order valence-electron chi connectivity index (χ2n) is 5.38. The highest BCUT2D eigenvalue weighted by Crippen LogP contribution is 2.23. The van der Waals surface area contributed by atoms with Gasteiger partial charge in [0.1, 0.15) is 0 Å². The number of hydrogen-bond acceptors (Lipinski definition) is 3. The van der Waals surface area contributed by atoms with Crippen LogP contribution in [0.15, 0.2) is 0 Å². The first-order valence-electron chi connectivity index (χ1n) is 7.03. The summed E-state index contributed by atoms with van der Waals surface area (Å²) < 4.78 is 0. The average molecular weight is 239 g/mol. The monoisotopic (exact) mass is 239 g/mol. The predicted octanol–water partition coefficient (Wildman–Crippen LogP) is 0.858. The van der Waals surface area contributed by atoms with Crippen molar-refractivity contribution in [1.29, 1.82) is 0 Å². The fourth-order valence-corrected chi connectivity index (χ4v) is 3.13. The fourth-order valence-electron chi connectivity index (χ4n) is 3.13. The van der Waals surface area contributed by atoms with Gasteiger partial charge in [-0.3, -0.25) is 9.69 Å². The van der Waals surface area contributed by atoms with Crippen LogP contribution < -0.4 is 11.1 Å². The van der Waals surface area contributed by atoms with Gasteiger partial charge < -0.3 is 11.1 Å². The molecule has 17 heavy (non-hydrogen) atoms. The van der Waals surface area contributed by atoms with Crippen LogP contribution in [0.3, 0.4) is 0 Å². The third-order valence-electron chi connectivity index (χ3n) is 4.05. The first-order valence-corrected chi connectivity index (χ1v) is 7.03. The summed E-state index contributed by atoms with van der Waals surface area (Å²) in [6.07, 6.45) is 8.39. The number of carbonyl (C=O) groups is 1. The molecule has 1 saturated heterocycles. The van der Waals surface area contributed by atoms with Crippen LogP contribution in [0.4, 0.5) is 0 Å². The molecule has 2 fully saturated rings. The Bertz CT molecular complexity index is 251. The maximum Gasteiger partial charge on any atom is 0.220 e. The molecule has 0 radical (unpaired) electrons. The van der Waals surface area contributed by atoms with Gasteiger partial charge in [0, 0.05) is 38.1 Å². The Labute approximate surface area is 104 Å². The van der Waals surface area contributed by atoms with E-state index in [0.29, 0.717) is 18.5 Å². The van der Waals surface area contributed by atoms with E-state index >= 15 is 0 Å². The minimum absolute atomic E-state index is 0.214. The van der Waals surface area contributed by atoms with Crippen molar-refractivity contribution in [2.75, 3.05) is 19.6 Å². The molecule has 0 spiro atoms. The minimum Gasteiger partial charge on any atom is -0.352 e. The van der Waals surface area contributed by atoms with E-state index in [4.69, 9.17) is 5.73 Å². The predicted molar refractivity (Wildman–Crippen MR) is 68.7 cm³/mol. The highest BCUT2D eigenvalue weighted by molar-refractivity contribution is 5.78. The molecule has 1 saturated carbocycles. The number of carbonyl (C=O) groups excluding carboxylic acids is 1. The largest absolute Gasteiger partial charge is 0.352 e. The lowest BCUT2D eigenvalue weighted by Crippen LogP contribution is -2.46. The normalized spacial score (nSPS) is 26.5. The summed E-state index contributed by atoms with van der Waals surface area (Å²) in [5, 5.41) is 3.06. The van der Waals surface area contributed by atoms with Crippen molar-refractivity contribution in [1.82, 2.24) is 10.2 Å². The van der Waals surface area contributed by atoms with Gasteiger partial charge in [-0.25, -0.2) is 0 Å². The van der Waals surface area contributed by atoms with Gasteiger partial charge in [-0.2, -0.15) is 0 Å². The Kier molecular flexibility index (Phi) is 4.80. The van der Waals surface area contributed by atoms with E-state index < -0.39 is 0 Å². The first kappa shape index (κ1) is 12.8. The first-order chi connectivity index (χ1) is 8.29. The molecule has 2 rings (SSSR count). The molecule has 1 aliphatic carbocycles. The lowest BCUT2D eigenvalue weighted by Gasteiger charge is -2.35. The number of rotatable bonds is 5. The summed E-state index contributed by atoms with van der Waals surface area (Å²) >= 11 is 0. The number of nitrogens with zero attached hydrogens (tertiary/aromatic N) is 1. The summed E-state index contributed by atoms with van der Waals surface area (Å²) in [7, 11) is 0. The van der Waals surface area contributed by atoms with Gasteiger partial charge in [-0.15, -0.1) is 0 Å². The number of nitrogens with two attached hydrogens (primary N) is 1. The van der Waals surface area contributed by atoms with Crippen molar-refractivity contribution in [2.24, 2.45) is 5.73 Å². The van der Waals surface area contributed by atoms with Gasteiger partial charge in [0.05, 0.1) is 0 Å². The van der Waals surface area contributed by atoms with Crippen molar-refractivity contribution >= 4 is 5.91 Å². The lowest BCUT2D eigenvalue weighted by molar-refractivity contribution is -0.119. The molecule has 4 nitrogen and oxygen atoms in total. The van der Waals surface area contributed by atoms with Gasteiger partial charge in [-0.05, 0) is 19.3 Å². The lowest BCUT2D eigenvalue weighted by atomic mass is 9.93. The quantitative estimate of drug-likeness (QED) is 0.748. The van der Waals surface area contributed by atoms with E-state index in [1.54, 1.807) is 0 Å². The highest BCUT2D eigenvalue weighted by atomic mass is 16.1. The topological polar surface area (TPSA) is 58.4 Å². The molecule has 1 atom stereocenters. The molecule has 3 N–H and O–H groups in total. The summed E-state index contributed by atoms with van der Waals surface area (Å²) in [6, 6.07) is 1.06. The number of hydrogen-bond donors (Lipinski definition) is 2. The molecule has 98 valence electrons. The van der Waals surface area contributed by atoms with Crippen LogP contribution in [-0.2, 0) is 4.79 Å². The molecular weight excluding hydrogens is 214 g/mol. The van der Waals surface area contributed by atoms with E-state index in [0.717, 1.165) is 26.1 Å². The maximum atomic E-state index is 11.2. The third kappa shape index (κ3) is 3.68. The van der Waals surface area contributed by atoms with Crippen LogP contribution in [0.25, 0.3) is 0 Å². The zero-order valence-corrected chi connectivity index (χ0v) is 10.7. The maximum absolute atomic E-state index is 11.2. The molecule has 0 bridgehead atoms. The molecule has 0 aromatic rings. The SMILES string of the molecule is NCCN(CC1CCC(=O)N1)C1CCCCC1. The van der Waals surface area contributed by atoms with E-state index in [9.17, 15) is 4.79 Å². The van der Waals surface area contributed by atoms with Gasteiger partial charge in [0.15, 0.2) is 0 Å². The second kappa shape index (κ2) is 6.36. The summed E-state index contributed by atoms with van der Waals surface area (Å²) in [6.45, 7) is 2.68. The molecular formula is C13H25N3O. The summed E-state index contributed by atoms with van der Waals surface area (Å²) in [4.78, 5) is 13.7. The van der Waals surface area contributed by atoms with Crippen LogP contribution in [-0.4, -0.2) is 42.5 Å². The van der Waals surface area contributed by atoms with Gasteiger partial charge in [0.25, 0.3) is 0 Å². The number of nitrogens with one attached hydrogen (secondary N) is 1. The molecule has 0 aromatic carbocycles. The Balaban J connectivity index is 1.84. The standard InChI is InChI=1S/C13H25N3O/c14-8-9-16(12-4-2-1-3-5-12)10-11-6-7-13(17)15-11/h11-12H,1-10,14H2,(H,15,17). The van der Waals surface area contributed by atoms with Crippen molar-refractivity contribution in [3.05, 3.63) is 0 Å². The third-order valence-corrected chi connectivity index (χ3v) is 4.05. The second-order valence-corrected chi connectivity index (χ2v) is 5.38. The average Bonchev–Trinajstić information content (AvgIpc) is 2.75. The summed E-state index contributed by atoms with van der Waals surface area (Å²) in [5.74, 6) is 0.214. The smallest absolute Gasteiger partial charge is 0.220 e. The van der Waals surface area contributed by atoms with E-state index in [1.165, 1.54) is 32.1 Å². The molecule has 1 unspecified atom stereocenters. The molecule has 1 aliphatic heterocycles. The van der Waals surface area contributed by atoms with Crippen LogP contribution >= 0.6 is 0 Å². The molecule has 2 aliphatic rings. The molecule has 1 amide bonds. The van der Waals surface area contributed by atoms with Gasteiger partial charge >= 0.3 is 0 Å². The Morgan fingerprint density at radius 1 is 1.24 bits per heavy atom. The van der Waals surface area contributed by atoms with Crippen LogP contribution in [0, 0.1) is 0 Å². The van der Waals surface area contributed by atoms with E-state index in [1.807, 2.05) is 0 Å². The Morgan fingerprint density at radius 2 is 2.00 bits per heavy atom. The summed E-state index contributed by atoms with van der Waals surface area (Å²) in [5.41, 5.74) is 5.71. The highest BCUT2D eigenvalue weighted by Gasteiger charge is 2.27. The zero-order valence-electron chi connectivity index (χ0n) is 10.7. The zero-order chi connectivity index (χ0) is 12.1. The van der Waals surface area contributed by atoms with Crippen LogP contribution in [0.1, 0.15) is 44.9 Å². The van der Waals surface area contributed by atoms with Crippen molar-refractivity contribution in [3.8, 4) is 0 Å². The van der Waals surface area contributed by atoms with Crippen molar-refractivity contribution in [3.63, 3.8) is 0 Å². The molecule has 4 heteroatoms.